The summed E-state index contributed by atoms with van der Waals surface area (Å²) in [5.74, 6) is 0. The number of rotatable bonds is 1. The van der Waals surface area contributed by atoms with Crippen molar-refractivity contribution in [2.75, 3.05) is 5.32 Å². The molecule has 0 saturated carbocycles. The van der Waals surface area contributed by atoms with E-state index in [1.165, 1.54) is 6.07 Å². The van der Waals surface area contributed by atoms with E-state index in [0.29, 0.717) is 0 Å². The Morgan fingerprint density at radius 1 is 1.40 bits per heavy atom. The Balaban J connectivity index is 3.26. The van der Waals surface area contributed by atoms with Gasteiger partial charge in [-0.25, -0.2) is 4.79 Å². The topological polar surface area (TPSA) is 55.1 Å². The molecule has 7 heteroatoms. The van der Waals surface area contributed by atoms with Crippen molar-refractivity contribution in [3.63, 3.8) is 0 Å². The molecule has 15 heavy (non-hydrogen) atoms. The van der Waals surface area contributed by atoms with Gasteiger partial charge >= 0.3 is 12.2 Å². The summed E-state index contributed by atoms with van der Waals surface area (Å²) in [6, 6.07) is 2.06. The van der Waals surface area contributed by atoms with Crippen LogP contribution in [0.15, 0.2) is 18.2 Å². The second kappa shape index (κ2) is 3.98. The van der Waals surface area contributed by atoms with Crippen molar-refractivity contribution in [2.45, 2.75) is 6.18 Å². The minimum atomic E-state index is -4.59. The van der Waals surface area contributed by atoms with Crippen LogP contribution in [-0.2, 0) is 6.18 Å². The molecule has 3 nitrogen and oxygen atoms in total. The molecule has 0 aromatic heterocycles. The fourth-order valence-electron chi connectivity index (χ4n) is 1.01. The third kappa shape index (κ3) is 2.76. The second-order valence-corrected chi connectivity index (χ2v) is 3.06. The number of hydrogen-bond donors (Lipinski definition) is 2. The normalized spacial score (nSPS) is 11.2. The first kappa shape index (κ1) is 11.6. The maximum Gasteiger partial charge on any atom is 0.418 e. The lowest BCUT2D eigenvalue weighted by atomic mass is 10.1. The predicted molar refractivity (Wildman–Crippen MR) is 49.7 cm³/mol. The lowest BCUT2D eigenvalue weighted by Crippen LogP contribution is -2.22. The van der Waals surface area contributed by atoms with Crippen molar-refractivity contribution in [1.82, 2.24) is 0 Å². The molecule has 0 spiro atoms. The first-order valence-electron chi connectivity index (χ1n) is 3.74. The van der Waals surface area contributed by atoms with Crippen molar-refractivity contribution in [2.24, 2.45) is 5.73 Å². The van der Waals surface area contributed by atoms with E-state index in [9.17, 15) is 18.0 Å². The molecule has 82 valence electrons. The second-order valence-electron chi connectivity index (χ2n) is 2.65. The molecule has 0 heterocycles. The molecule has 0 aliphatic heterocycles. The van der Waals surface area contributed by atoms with E-state index in [-0.39, 0.29) is 5.02 Å². The van der Waals surface area contributed by atoms with Gasteiger partial charge in [-0.1, -0.05) is 17.7 Å². The number of primary amides is 1. The molecular formula is C8H6ClF3N2O. The van der Waals surface area contributed by atoms with Crippen LogP contribution in [0.1, 0.15) is 5.56 Å². The zero-order chi connectivity index (χ0) is 11.6. The van der Waals surface area contributed by atoms with Crippen LogP contribution in [0.5, 0.6) is 0 Å². The Morgan fingerprint density at radius 2 is 2.00 bits per heavy atom. The molecule has 3 N–H and O–H groups in total. The molecule has 0 bridgehead atoms. The van der Waals surface area contributed by atoms with Gasteiger partial charge in [-0.2, -0.15) is 13.2 Å². The summed E-state index contributed by atoms with van der Waals surface area (Å²) in [7, 11) is 0. The van der Waals surface area contributed by atoms with Crippen LogP contribution in [0.4, 0.5) is 23.7 Å². The Bertz CT molecular complexity index is 392. The quantitative estimate of drug-likeness (QED) is 0.777. The number of amides is 2. The van der Waals surface area contributed by atoms with Crippen molar-refractivity contribution in [3.05, 3.63) is 28.8 Å². The van der Waals surface area contributed by atoms with Crippen LogP contribution >= 0.6 is 11.6 Å². The fraction of sp³-hybridized carbons (Fsp3) is 0.125. The van der Waals surface area contributed by atoms with Gasteiger partial charge in [0.15, 0.2) is 0 Å². The molecule has 0 aliphatic rings. The predicted octanol–water partition coefficient (Wildman–Crippen LogP) is 2.85. The van der Waals surface area contributed by atoms with Crippen molar-refractivity contribution in [3.8, 4) is 0 Å². The number of halogens is 4. The van der Waals surface area contributed by atoms with E-state index in [1.807, 2.05) is 5.32 Å². The van der Waals surface area contributed by atoms with Crippen molar-refractivity contribution >= 4 is 23.3 Å². The van der Waals surface area contributed by atoms with Gasteiger partial charge in [0.1, 0.15) is 0 Å². The summed E-state index contributed by atoms with van der Waals surface area (Å²) < 4.78 is 37.3. The Kier molecular flexibility index (Phi) is 3.09. The van der Waals surface area contributed by atoms with E-state index < -0.39 is 23.5 Å². The highest BCUT2D eigenvalue weighted by Crippen LogP contribution is 2.38. The van der Waals surface area contributed by atoms with E-state index in [0.717, 1.165) is 12.1 Å². The molecule has 2 amide bonds. The average Bonchev–Trinajstić information content (AvgIpc) is 2.05. The summed E-state index contributed by atoms with van der Waals surface area (Å²) in [5.41, 5.74) is 3.17. The monoisotopic (exact) mass is 238 g/mol. The summed E-state index contributed by atoms with van der Waals surface area (Å²) in [6.45, 7) is 0. The Labute approximate surface area is 88.0 Å². The molecule has 0 atom stereocenters. The number of carbonyl (C=O) groups excluding carboxylic acids is 1. The number of hydrogen-bond acceptors (Lipinski definition) is 1. The number of alkyl halides is 3. The summed E-state index contributed by atoms with van der Waals surface area (Å²) in [4.78, 5) is 10.5. The van der Waals surface area contributed by atoms with Gasteiger partial charge in [0.05, 0.1) is 16.3 Å². The summed E-state index contributed by atoms with van der Waals surface area (Å²) in [5, 5.41) is 1.62. The van der Waals surface area contributed by atoms with Crippen LogP contribution < -0.4 is 11.1 Å². The highest BCUT2D eigenvalue weighted by molar-refractivity contribution is 6.33. The Morgan fingerprint density at radius 3 is 2.47 bits per heavy atom. The van der Waals surface area contributed by atoms with Gasteiger partial charge < -0.3 is 11.1 Å². The standard InChI is InChI=1S/C8H6ClF3N2O/c9-5-3-1-2-4(8(10,11)12)6(5)14-7(13)15/h1-3H,(H3,13,14,15). The van der Waals surface area contributed by atoms with Gasteiger partial charge in [-0.05, 0) is 12.1 Å². The SMILES string of the molecule is NC(=O)Nc1c(Cl)cccc1C(F)(F)F. The number of benzene rings is 1. The van der Waals surface area contributed by atoms with Crippen molar-refractivity contribution < 1.29 is 18.0 Å². The summed E-state index contributed by atoms with van der Waals surface area (Å²) >= 11 is 5.51. The lowest BCUT2D eigenvalue weighted by Gasteiger charge is -2.13. The van der Waals surface area contributed by atoms with Crippen molar-refractivity contribution in [1.29, 1.82) is 0 Å². The first-order valence-corrected chi connectivity index (χ1v) is 4.12. The average molecular weight is 239 g/mol. The lowest BCUT2D eigenvalue weighted by molar-refractivity contribution is -0.136. The molecule has 0 fully saturated rings. The number of nitrogens with one attached hydrogen (secondary N) is 1. The number of anilines is 1. The van der Waals surface area contributed by atoms with Crippen LogP contribution in [0.25, 0.3) is 0 Å². The molecular weight excluding hydrogens is 233 g/mol. The molecule has 1 rings (SSSR count). The van der Waals surface area contributed by atoms with Gasteiger partial charge in [0, 0.05) is 0 Å². The largest absolute Gasteiger partial charge is 0.418 e. The van der Waals surface area contributed by atoms with Gasteiger partial charge in [-0.3, -0.25) is 0 Å². The minimum Gasteiger partial charge on any atom is -0.351 e. The summed E-state index contributed by atoms with van der Waals surface area (Å²) in [6.07, 6.45) is -4.59. The third-order valence-electron chi connectivity index (χ3n) is 1.57. The van der Waals surface area contributed by atoms with Gasteiger partial charge in [-0.15, -0.1) is 0 Å². The fourth-order valence-corrected chi connectivity index (χ4v) is 1.23. The smallest absolute Gasteiger partial charge is 0.351 e. The molecule has 0 aliphatic carbocycles. The molecule has 0 saturated heterocycles. The van der Waals surface area contributed by atoms with Crippen LogP contribution in [0.2, 0.25) is 5.02 Å². The van der Waals surface area contributed by atoms with E-state index in [4.69, 9.17) is 17.3 Å². The third-order valence-corrected chi connectivity index (χ3v) is 1.88. The number of nitrogens with two attached hydrogens (primary N) is 1. The molecule has 1 aromatic carbocycles. The molecule has 0 radical (unpaired) electrons. The van der Waals surface area contributed by atoms with Crippen LogP contribution in [0, 0.1) is 0 Å². The number of urea groups is 1. The van der Waals surface area contributed by atoms with E-state index in [2.05, 4.69) is 0 Å². The minimum absolute atomic E-state index is 0.219. The zero-order valence-corrected chi connectivity index (χ0v) is 7.99. The molecule has 1 aromatic rings. The van der Waals surface area contributed by atoms with E-state index >= 15 is 0 Å². The maximum absolute atomic E-state index is 12.4. The Hall–Kier alpha value is -1.43. The van der Waals surface area contributed by atoms with Crippen LogP contribution in [0.3, 0.4) is 0 Å². The number of para-hydroxylation sites is 1. The highest BCUT2D eigenvalue weighted by Gasteiger charge is 2.34. The highest BCUT2D eigenvalue weighted by atomic mass is 35.5. The molecule has 0 unspecified atom stereocenters. The van der Waals surface area contributed by atoms with Gasteiger partial charge in [0.25, 0.3) is 0 Å². The zero-order valence-electron chi connectivity index (χ0n) is 7.23. The van der Waals surface area contributed by atoms with E-state index in [1.54, 1.807) is 0 Å². The maximum atomic E-state index is 12.4. The number of carbonyl (C=O) groups is 1. The first-order chi connectivity index (χ1) is 6.82. The van der Waals surface area contributed by atoms with Gasteiger partial charge in [0.2, 0.25) is 0 Å². The van der Waals surface area contributed by atoms with Crippen LogP contribution in [-0.4, -0.2) is 6.03 Å².